The largest absolute Gasteiger partial charge is 0.399 e. The Kier molecular flexibility index (Phi) is 4.49. The van der Waals surface area contributed by atoms with Crippen LogP contribution < -0.4 is 11.1 Å². The first kappa shape index (κ1) is 13.2. The van der Waals surface area contributed by atoms with Gasteiger partial charge in [-0.2, -0.15) is 11.8 Å². The van der Waals surface area contributed by atoms with Crippen molar-refractivity contribution in [2.75, 3.05) is 30.0 Å². The van der Waals surface area contributed by atoms with Crippen LogP contribution in [-0.2, 0) is 9.53 Å². The van der Waals surface area contributed by atoms with Crippen LogP contribution in [-0.4, -0.2) is 30.1 Å². The number of hydrogen-bond donors (Lipinski definition) is 2. The second kappa shape index (κ2) is 6.11. The summed E-state index contributed by atoms with van der Waals surface area (Å²) in [6.07, 6.45) is 0.533. The van der Waals surface area contributed by atoms with Gasteiger partial charge in [-0.1, -0.05) is 0 Å². The average Bonchev–Trinajstić information content (AvgIpc) is 2.26. The highest BCUT2D eigenvalue weighted by atomic mass is 32.2. The maximum Gasteiger partial charge on any atom is 0.225 e. The molecule has 0 spiro atoms. The fourth-order valence-corrected chi connectivity index (χ4v) is 2.69. The smallest absolute Gasteiger partial charge is 0.225 e. The summed E-state index contributed by atoms with van der Waals surface area (Å²) in [5, 5.41) is 3.49. The topological polar surface area (TPSA) is 64.3 Å². The number of hydrogen-bond acceptors (Lipinski definition) is 4. The number of thioether (sulfide) groups is 1. The molecule has 0 atom stereocenters. The number of benzene rings is 1. The number of rotatable bonds is 5. The van der Waals surface area contributed by atoms with E-state index in [4.69, 9.17) is 10.5 Å². The third-order valence-corrected chi connectivity index (χ3v) is 4.00. The molecule has 0 radical (unpaired) electrons. The summed E-state index contributed by atoms with van der Waals surface area (Å²) in [5.74, 6) is 0.893. The van der Waals surface area contributed by atoms with Crippen LogP contribution >= 0.6 is 11.8 Å². The van der Waals surface area contributed by atoms with Gasteiger partial charge in [0.25, 0.3) is 0 Å². The van der Waals surface area contributed by atoms with Gasteiger partial charge in [-0.15, -0.1) is 0 Å². The molecular weight excluding hydrogens is 248 g/mol. The Morgan fingerprint density at radius 3 is 2.94 bits per heavy atom. The van der Waals surface area contributed by atoms with Crippen LogP contribution in [0.3, 0.4) is 0 Å². The summed E-state index contributed by atoms with van der Waals surface area (Å²) in [6, 6.07) is 5.49. The van der Waals surface area contributed by atoms with Crippen LogP contribution in [0, 0.1) is 6.92 Å². The van der Waals surface area contributed by atoms with Crippen molar-refractivity contribution in [1.82, 2.24) is 0 Å². The van der Waals surface area contributed by atoms with E-state index in [2.05, 4.69) is 5.32 Å². The Morgan fingerprint density at radius 2 is 2.33 bits per heavy atom. The van der Waals surface area contributed by atoms with E-state index < -0.39 is 0 Å². The number of aryl methyl sites for hydroxylation is 1. The van der Waals surface area contributed by atoms with Gasteiger partial charge >= 0.3 is 0 Å². The molecule has 0 aliphatic carbocycles. The van der Waals surface area contributed by atoms with Crippen LogP contribution in [0.4, 0.5) is 11.4 Å². The summed E-state index contributed by atoms with van der Waals surface area (Å²) >= 11 is 1.80. The number of carbonyl (C=O) groups excluding carboxylic acids is 1. The van der Waals surface area contributed by atoms with Crippen molar-refractivity contribution in [2.45, 2.75) is 18.6 Å². The quantitative estimate of drug-likeness (QED) is 0.800. The van der Waals surface area contributed by atoms with Crippen molar-refractivity contribution in [2.24, 2.45) is 0 Å². The van der Waals surface area contributed by atoms with Crippen molar-refractivity contribution >= 4 is 29.0 Å². The first-order valence-electron chi connectivity index (χ1n) is 6.00. The zero-order chi connectivity index (χ0) is 13.0. The van der Waals surface area contributed by atoms with Crippen molar-refractivity contribution in [3.05, 3.63) is 23.8 Å². The normalized spacial score (nSPS) is 15.2. The van der Waals surface area contributed by atoms with Crippen molar-refractivity contribution < 1.29 is 9.53 Å². The molecule has 1 fully saturated rings. The Labute approximate surface area is 111 Å². The molecule has 1 saturated heterocycles. The standard InChI is InChI=1S/C13H18N2O2S/c1-9-6-10(14)2-3-12(9)15-13(16)4-5-18-11-7-17-8-11/h2-3,6,11H,4-5,7-8,14H2,1H3,(H,15,16). The number of nitrogens with one attached hydrogen (secondary N) is 1. The van der Waals surface area contributed by atoms with Gasteiger partial charge in [0.05, 0.1) is 18.5 Å². The minimum atomic E-state index is 0.0515. The lowest BCUT2D eigenvalue weighted by molar-refractivity contribution is -0.115. The third kappa shape index (κ3) is 3.65. The van der Waals surface area contributed by atoms with E-state index >= 15 is 0 Å². The number of ether oxygens (including phenoxy) is 1. The van der Waals surface area contributed by atoms with E-state index in [1.807, 2.05) is 19.1 Å². The molecule has 4 nitrogen and oxygen atoms in total. The second-order valence-corrected chi connectivity index (χ2v) is 5.81. The van der Waals surface area contributed by atoms with Crippen LogP contribution in [0.5, 0.6) is 0 Å². The Morgan fingerprint density at radius 1 is 1.56 bits per heavy atom. The van der Waals surface area contributed by atoms with E-state index in [1.54, 1.807) is 17.8 Å². The first-order valence-corrected chi connectivity index (χ1v) is 7.05. The average molecular weight is 266 g/mol. The highest BCUT2D eigenvalue weighted by Crippen LogP contribution is 2.21. The lowest BCUT2D eigenvalue weighted by Gasteiger charge is -2.25. The Balaban J connectivity index is 1.75. The molecule has 18 heavy (non-hydrogen) atoms. The van der Waals surface area contributed by atoms with Gasteiger partial charge in [0.2, 0.25) is 5.91 Å². The number of nitrogens with two attached hydrogens (primary N) is 1. The SMILES string of the molecule is Cc1cc(N)ccc1NC(=O)CCSC1COC1. The number of anilines is 2. The molecule has 0 unspecified atom stereocenters. The molecule has 3 N–H and O–H groups in total. The Hall–Kier alpha value is -1.20. The molecule has 98 valence electrons. The van der Waals surface area contributed by atoms with E-state index in [0.29, 0.717) is 17.4 Å². The van der Waals surface area contributed by atoms with Gasteiger partial charge in [-0.25, -0.2) is 0 Å². The van der Waals surface area contributed by atoms with Crippen molar-refractivity contribution in [3.63, 3.8) is 0 Å². The number of carbonyl (C=O) groups is 1. The molecule has 0 saturated carbocycles. The summed E-state index contributed by atoms with van der Waals surface area (Å²) in [4.78, 5) is 11.8. The molecule has 1 aliphatic rings. The van der Waals surface area contributed by atoms with E-state index in [-0.39, 0.29) is 5.91 Å². The van der Waals surface area contributed by atoms with Crippen molar-refractivity contribution in [3.8, 4) is 0 Å². The minimum absolute atomic E-state index is 0.0515. The summed E-state index contributed by atoms with van der Waals surface area (Å²) < 4.78 is 5.08. The Bertz CT molecular complexity index is 433. The van der Waals surface area contributed by atoms with Crippen LogP contribution in [0.2, 0.25) is 0 Å². The van der Waals surface area contributed by atoms with Crippen molar-refractivity contribution in [1.29, 1.82) is 0 Å². The summed E-state index contributed by atoms with van der Waals surface area (Å²) in [7, 11) is 0. The lowest BCUT2D eigenvalue weighted by Crippen LogP contribution is -2.30. The predicted octanol–water partition coefficient (Wildman–Crippen LogP) is 2.04. The maximum atomic E-state index is 11.8. The van der Waals surface area contributed by atoms with E-state index in [1.165, 1.54) is 0 Å². The monoisotopic (exact) mass is 266 g/mol. The zero-order valence-corrected chi connectivity index (χ0v) is 11.3. The number of nitrogen functional groups attached to an aromatic ring is 1. The second-order valence-electron chi connectivity index (χ2n) is 4.40. The molecule has 1 aliphatic heterocycles. The fourth-order valence-electron chi connectivity index (χ4n) is 1.67. The van der Waals surface area contributed by atoms with Gasteiger partial charge < -0.3 is 15.8 Å². The van der Waals surface area contributed by atoms with Gasteiger partial charge in [-0.3, -0.25) is 4.79 Å². The van der Waals surface area contributed by atoms with E-state index in [0.717, 1.165) is 30.2 Å². The molecule has 5 heteroatoms. The predicted molar refractivity (Wildman–Crippen MR) is 75.9 cm³/mol. The highest BCUT2D eigenvalue weighted by Gasteiger charge is 2.18. The molecule has 0 bridgehead atoms. The highest BCUT2D eigenvalue weighted by molar-refractivity contribution is 8.00. The first-order chi connectivity index (χ1) is 8.65. The molecule has 2 rings (SSSR count). The maximum absolute atomic E-state index is 11.8. The molecule has 1 heterocycles. The third-order valence-electron chi connectivity index (χ3n) is 2.81. The van der Waals surface area contributed by atoms with E-state index in [9.17, 15) is 4.79 Å². The number of amides is 1. The van der Waals surface area contributed by atoms with Crippen LogP contribution in [0.25, 0.3) is 0 Å². The van der Waals surface area contributed by atoms with Gasteiger partial charge in [0.1, 0.15) is 0 Å². The van der Waals surface area contributed by atoms with Gasteiger partial charge in [0, 0.05) is 23.5 Å². The summed E-state index contributed by atoms with van der Waals surface area (Å²) in [5.41, 5.74) is 8.21. The fraction of sp³-hybridized carbons (Fsp3) is 0.462. The summed E-state index contributed by atoms with van der Waals surface area (Å²) in [6.45, 7) is 3.58. The van der Waals surface area contributed by atoms with Crippen LogP contribution in [0.15, 0.2) is 18.2 Å². The molecular formula is C13H18N2O2S. The molecule has 1 aromatic rings. The lowest BCUT2D eigenvalue weighted by atomic mass is 10.2. The minimum Gasteiger partial charge on any atom is -0.399 e. The zero-order valence-electron chi connectivity index (χ0n) is 10.4. The molecule has 1 aromatic carbocycles. The van der Waals surface area contributed by atoms with Gasteiger partial charge in [-0.05, 0) is 30.7 Å². The van der Waals surface area contributed by atoms with Gasteiger partial charge in [0.15, 0.2) is 0 Å². The molecule has 1 amide bonds. The molecule has 0 aromatic heterocycles. The van der Waals surface area contributed by atoms with Crippen LogP contribution in [0.1, 0.15) is 12.0 Å².